The third-order valence-electron chi connectivity index (χ3n) is 8.74. The minimum absolute atomic E-state index is 0.00435. The molecule has 3 heterocycles. The average molecular weight is 569 g/mol. The summed E-state index contributed by atoms with van der Waals surface area (Å²) in [6, 6.07) is 17.0. The number of hydrogen-bond donors (Lipinski definition) is 4. The summed E-state index contributed by atoms with van der Waals surface area (Å²) in [5, 5.41) is 34.1. The van der Waals surface area contributed by atoms with Gasteiger partial charge in [-0.2, -0.15) is 0 Å². The lowest BCUT2D eigenvalue weighted by Crippen LogP contribution is -2.50. The normalized spacial score (nSPS) is 25.0. The Balaban J connectivity index is 1.45. The van der Waals surface area contributed by atoms with E-state index in [1.807, 2.05) is 24.3 Å². The lowest BCUT2D eigenvalue weighted by atomic mass is 9.69. The van der Waals surface area contributed by atoms with Crippen molar-refractivity contribution in [3.05, 3.63) is 95.3 Å². The van der Waals surface area contributed by atoms with Crippen molar-refractivity contribution in [2.45, 2.75) is 30.3 Å². The number of ketones is 1. The van der Waals surface area contributed by atoms with E-state index in [0.717, 1.165) is 18.4 Å². The van der Waals surface area contributed by atoms with Gasteiger partial charge in [-0.05, 0) is 66.9 Å². The molecule has 2 fully saturated rings. The summed E-state index contributed by atoms with van der Waals surface area (Å²) >= 11 is 0. The van der Waals surface area contributed by atoms with E-state index in [1.54, 1.807) is 30.3 Å². The monoisotopic (exact) mass is 568 g/mol. The highest BCUT2D eigenvalue weighted by Gasteiger charge is 2.68. The van der Waals surface area contributed by atoms with Crippen LogP contribution in [0.25, 0.3) is 6.08 Å². The number of fused-ring (bicyclic) bond motifs is 4. The number of anilines is 1. The quantitative estimate of drug-likeness (QED) is 0.181. The topological polar surface area (TPSA) is 129 Å². The Bertz CT molecular complexity index is 1630. The van der Waals surface area contributed by atoms with Crippen molar-refractivity contribution in [2.75, 3.05) is 26.1 Å². The first-order valence-corrected chi connectivity index (χ1v) is 13.8. The zero-order chi connectivity index (χ0) is 29.6. The van der Waals surface area contributed by atoms with Crippen LogP contribution in [-0.4, -0.2) is 58.7 Å². The van der Waals surface area contributed by atoms with E-state index in [1.165, 1.54) is 38.5 Å². The Hall–Kier alpha value is -4.76. The number of nitrogens with one attached hydrogen (secondary N) is 1. The van der Waals surface area contributed by atoms with E-state index >= 15 is 0 Å². The number of carbonyl (C=O) groups is 2. The number of nitrogens with zero attached hydrogens (tertiary/aromatic N) is 1. The number of rotatable bonds is 7. The molecule has 0 saturated carbocycles. The van der Waals surface area contributed by atoms with Crippen molar-refractivity contribution in [3.8, 4) is 23.0 Å². The molecule has 4 N–H and O–H groups in total. The van der Waals surface area contributed by atoms with Crippen LogP contribution < -0.4 is 14.8 Å². The van der Waals surface area contributed by atoms with Gasteiger partial charge in [-0.15, -0.1) is 0 Å². The molecule has 3 aliphatic heterocycles. The van der Waals surface area contributed by atoms with Crippen LogP contribution in [0.15, 0.2) is 78.6 Å². The molecule has 3 aromatic carbocycles. The molecular weight excluding hydrogens is 536 g/mol. The molecule has 216 valence electrons. The number of methoxy groups -OCH3 is 2. The fourth-order valence-electron chi connectivity index (χ4n) is 7.08. The number of aliphatic hydroxyl groups is 1. The van der Waals surface area contributed by atoms with E-state index in [2.05, 4.69) is 10.2 Å². The number of ether oxygens (including phenoxy) is 2. The number of para-hydroxylation sites is 1. The Morgan fingerprint density at radius 2 is 1.74 bits per heavy atom. The fraction of sp³-hybridized carbons (Fsp3) is 0.273. The van der Waals surface area contributed by atoms with Gasteiger partial charge in [0.15, 0.2) is 28.8 Å². The summed E-state index contributed by atoms with van der Waals surface area (Å²) in [4.78, 5) is 30.4. The van der Waals surface area contributed by atoms with Crippen LogP contribution in [0.2, 0.25) is 0 Å². The molecule has 4 unspecified atom stereocenters. The smallest absolute Gasteiger partial charge is 0.250 e. The maximum absolute atomic E-state index is 14.2. The van der Waals surface area contributed by atoms with Gasteiger partial charge in [-0.3, -0.25) is 14.5 Å². The number of aromatic hydroxyl groups is 2. The minimum atomic E-state index is -1.15. The summed E-state index contributed by atoms with van der Waals surface area (Å²) in [6.45, 7) is 0.639. The number of carbonyl (C=O) groups excluding carboxylic acids is 2. The first kappa shape index (κ1) is 27.4. The molecule has 0 bridgehead atoms. The van der Waals surface area contributed by atoms with Crippen molar-refractivity contribution < 1.29 is 34.4 Å². The predicted octanol–water partition coefficient (Wildman–Crippen LogP) is 4.86. The minimum Gasteiger partial charge on any atom is -0.508 e. The largest absolute Gasteiger partial charge is 0.508 e. The first-order valence-electron chi connectivity index (χ1n) is 13.8. The molecule has 0 aliphatic carbocycles. The molecule has 4 atom stereocenters. The maximum atomic E-state index is 14.2. The number of phenols is 2. The highest BCUT2D eigenvalue weighted by molar-refractivity contribution is 6.08. The van der Waals surface area contributed by atoms with Gasteiger partial charge in [0.1, 0.15) is 11.3 Å². The molecule has 9 heteroatoms. The van der Waals surface area contributed by atoms with Crippen molar-refractivity contribution in [1.82, 2.24) is 4.90 Å². The average Bonchev–Trinajstić information content (AvgIpc) is 3.65. The number of benzene rings is 3. The lowest BCUT2D eigenvalue weighted by Gasteiger charge is -2.37. The van der Waals surface area contributed by atoms with Gasteiger partial charge in [0, 0.05) is 35.2 Å². The Kier molecular flexibility index (Phi) is 6.90. The van der Waals surface area contributed by atoms with Crippen LogP contribution >= 0.6 is 0 Å². The zero-order valence-electron chi connectivity index (χ0n) is 23.3. The highest BCUT2D eigenvalue weighted by atomic mass is 16.5. The molecule has 0 radical (unpaired) electrons. The SMILES string of the molecule is COc1cc(/C=C/C(O)=C/C(=O)C2C3CCCN3C3(C(=O)Nc4ccccc43)C2c2ccc(O)c(OC)c2)ccc1O. The Morgan fingerprint density at radius 3 is 2.50 bits per heavy atom. The van der Waals surface area contributed by atoms with E-state index in [-0.39, 0.29) is 46.5 Å². The van der Waals surface area contributed by atoms with Gasteiger partial charge < -0.3 is 30.1 Å². The van der Waals surface area contributed by atoms with Gasteiger partial charge >= 0.3 is 0 Å². The van der Waals surface area contributed by atoms with Crippen LogP contribution in [0.3, 0.4) is 0 Å². The van der Waals surface area contributed by atoms with Gasteiger partial charge in [0.25, 0.3) is 0 Å². The summed E-state index contributed by atoms with van der Waals surface area (Å²) in [7, 11) is 2.90. The second-order valence-electron chi connectivity index (χ2n) is 10.8. The van der Waals surface area contributed by atoms with Crippen molar-refractivity contribution in [3.63, 3.8) is 0 Å². The first-order chi connectivity index (χ1) is 20.3. The van der Waals surface area contributed by atoms with E-state index in [0.29, 0.717) is 23.4 Å². The Morgan fingerprint density at radius 1 is 1.02 bits per heavy atom. The zero-order valence-corrected chi connectivity index (χ0v) is 23.3. The van der Waals surface area contributed by atoms with Gasteiger partial charge in [0.2, 0.25) is 5.91 Å². The Labute approximate surface area is 243 Å². The second-order valence-corrected chi connectivity index (χ2v) is 10.8. The molecule has 1 amide bonds. The van der Waals surface area contributed by atoms with Crippen LogP contribution in [0, 0.1) is 5.92 Å². The van der Waals surface area contributed by atoms with E-state index < -0.39 is 17.4 Å². The summed E-state index contributed by atoms with van der Waals surface area (Å²) in [6.07, 6.45) is 5.80. The molecule has 42 heavy (non-hydrogen) atoms. The van der Waals surface area contributed by atoms with Crippen LogP contribution in [-0.2, 0) is 15.1 Å². The van der Waals surface area contributed by atoms with Gasteiger partial charge in [0.05, 0.1) is 14.2 Å². The summed E-state index contributed by atoms with van der Waals surface area (Å²) in [5.74, 6) is -1.53. The molecule has 3 aromatic rings. The van der Waals surface area contributed by atoms with Crippen molar-refractivity contribution in [1.29, 1.82) is 0 Å². The van der Waals surface area contributed by atoms with Crippen LogP contribution in [0.4, 0.5) is 5.69 Å². The predicted molar refractivity (Wildman–Crippen MR) is 157 cm³/mol. The van der Waals surface area contributed by atoms with Crippen molar-refractivity contribution >= 4 is 23.5 Å². The molecule has 2 saturated heterocycles. The lowest BCUT2D eigenvalue weighted by molar-refractivity contribution is -0.127. The van der Waals surface area contributed by atoms with E-state index in [9.17, 15) is 24.9 Å². The number of allylic oxidation sites excluding steroid dienone is 2. The molecule has 9 nitrogen and oxygen atoms in total. The fourth-order valence-corrected chi connectivity index (χ4v) is 7.08. The molecule has 1 spiro atoms. The molecule has 0 aromatic heterocycles. The number of aliphatic hydroxyl groups excluding tert-OH is 1. The van der Waals surface area contributed by atoms with Gasteiger partial charge in [-0.25, -0.2) is 0 Å². The highest BCUT2D eigenvalue weighted by Crippen LogP contribution is 2.61. The van der Waals surface area contributed by atoms with Crippen LogP contribution in [0.5, 0.6) is 23.0 Å². The number of amides is 1. The van der Waals surface area contributed by atoms with Crippen molar-refractivity contribution in [2.24, 2.45) is 5.92 Å². The summed E-state index contributed by atoms with van der Waals surface area (Å²) < 4.78 is 10.6. The maximum Gasteiger partial charge on any atom is 0.250 e. The second kappa shape index (κ2) is 10.6. The molecule has 6 rings (SSSR count). The van der Waals surface area contributed by atoms with Crippen LogP contribution in [0.1, 0.15) is 35.4 Å². The third kappa shape index (κ3) is 4.19. The standard InChI is InChI=1S/C33H32N2O7/c1-41-28-16-19(10-13-25(28)37)9-12-21(36)18-27(39)30-24-8-5-15-35(24)33(22-6-3-4-7-23(22)34-32(33)40)31(30)20-11-14-26(38)29(17-20)42-2/h3-4,6-7,9-14,16-18,24,30-31,36-38H,5,8,15H2,1-2H3,(H,34,40)/b12-9+,21-18-. The summed E-state index contributed by atoms with van der Waals surface area (Å²) in [5.41, 5.74) is 1.71. The molecule has 3 aliphatic rings. The van der Waals surface area contributed by atoms with Gasteiger partial charge in [-0.1, -0.05) is 36.4 Å². The van der Waals surface area contributed by atoms with E-state index in [4.69, 9.17) is 9.47 Å². The molecular formula is C33H32N2O7. The third-order valence-corrected chi connectivity index (χ3v) is 8.74. The number of hydrogen-bond acceptors (Lipinski definition) is 8. The number of phenolic OH excluding ortho intramolecular Hbond substituents is 2.